The Balaban J connectivity index is 1.28. The fraction of sp³-hybridized carbons (Fsp3) is 0.654. The maximum atomic E-state index is 12.5. The molecule has 0 radical (unpaired) electrons. The topological polar surface area (TPSA) is 26.3 Å². The number of ether oxygens (including phenoxy) is 1. The minimum absolute atomic E-state index is 0.101. The van der Waals surface area contributed by atoms with Crippen LogP contribution in [-0.2, 0) is 4.74 Å². The highest BCUT2D eigenvalue weighted by Crippen LogP contribution is 2.65. The van der Waals surface area contributed by atoms with Crippen LogP contribution in [0.4, 0.5) is 0 Å². The van der Waals surface area contributed by atoms with Gasteiger partial charge in [0, 0.05) is 0 Å². The first-order valence-electron chi connectivity index (χ1n) is 11.4. The molecule has 0 spiro atoms. The maximum absolute atomic E-state index is 12.5. The minimum Gasteiger partial charge on any atom is -0.459 e. The molecule has 2 nitrogen and oxygen atoms in total. The fourth-order valence-electron chi connectivity index (χ4n) is 7.60. The van der Waals surface area contributed by atoms with Gasteiger partial charge in [-0.1, -0.05) is 44.2 Å². The predicted octanol–water partition coefficient (Wildman–Crippen LogP) is 6.42. The van der Waals surface area contributed by atoms with Gasteiger partial charge in [-0.25, -0.2) is 4.79 Å². The molecule has 7 atom stereocenters. The summed E-state index contributed by atoms with van der Waals surface area (Å²) < 4.78 is 5.94. The molecule has 3 saturated carbocycles. The van der Waals surface area contributed by atoms with Crippen molar-refractivity contribution in [3.8, 4) is 0 Å². The molecule has 0 unspecified atom stereocenters. The van der Waals surface area contributed by atoms with Crippen LogP contribution in [0.1, 0.15) is 75.6 Å². The quantitative estimate of drug-likeness (QED) is 0.438. The van der Waals surface area contributed by atoms with Gasteiger partial charge in [0.25, 0.3) is 0 Å². The molecule has 4 aliphatic carbocycles. The molecule has 0 bridgehead atoms. The van der Waals surface area contributed by atoms with Gasteiger partial charge in [0.15, 0.2) is 0 Å². The van der Waals surface area contributed by atoms with Gasteiger partial charge < -0.3 is 4.74 Å². The van der Waals surface area contributed by atoms with E-state index in [4.69, 9.17) is 4.74 Å². The third-order valence-corrected chi connectivity index (χ3v) is 9.23. The highest BCUT2D eigenvalue weighted by molar-refractivity contribution is 5.89. The van der Waals surface area contributed by atoms with Gasteiger partial charge >= 0.3 is 5.97 Å². The second kappa shape index (κ2) is 6.75. The van der Waals surface area contributed by atoms with Crippen LogP contribution in [0.3, 0.4) is 0 Å². The first-order valence-corrected chi connectivity index (χ1v) is 11.4. The molecule has 4 aliphatic rings. The number of allylic oxidation sites excluding steroid dienone is 2. The van der Waals surface area contributed by atoms with Gasteiger partial charge in [0.05, 0.1) is 5.56 Å². The van der Waals surface area contributed by atoms with Gasteiger partial charge in [-0.15, -0.1) is 0 Å². The van der Waals surface area contributed by atoms with E-state index in [1.165, 1.54) is 38.5 Å². The van der Waals surface area contributed by atoms with E-state index in [9.17, 15) is 4.79 Å². The Labute approximate surface area is 169 Å². The normalized spacial score (nSPS) is 44.3. The van der Waals surface area contributed by atoms with Gasteiger partial charge in [0.2, 0.25) is 0 Å². The molecule has 5 rings (SSSR count). The lowest BCUT2D eigenvalue weighted by atomic mass is 9.45. The molecule has 0 N–H and O–H groups in total. The lowest BCUT2D eigenvalue weighted by Gasteiger charge is -2.60. The Morgan fingerprint density at radius 2 is 1.82 bits per heavy atom. The van der Waals surface area contributed by atoms with Crippen LogP contribution in [0.2, 0.25) is 0 Å². The van der Waals surface area contributed by atoms with E-state index in [1.807, 2.05) is 30.3 Å². The van der Waals surface area contributed by atoms with E-state index >= 15 is 0 Å². The van der Waals surface area contributed by atoms with E-state index < -0.39 is 0 Å². The van der Waals surface area contributed by atoms with Crippen LogP contribution in [0.15, 0.2) is 42.5 Å². The van der Waals surface area contributed by atoms with Crippen molar-refractivity contribution >= 4 is 5.97 Å². The Morgan fingerprint density at radius 1 is 1.00 bits per heavy atom. The molecular formula is C26H34O2. The number of carbonyl (C=O) groups excluding carboxylic acids is 1. The van der Waals surface area contributed by atoms with Crippen LogP contribution in [0.5, 0.6) is 0 Å². The largest absolute Gasteiger partial charge is 0.459 e. The molecular weight excluding hydrogens is 344 g/mol. The number of hydrogen-bond donors (Lipinski definition) is 0. The van der Waals surface area contributed by atoms with Crippen molar-refractivity contribution in [3.63, 3.8) is 0 Å². The second-order valence-corrected chi connectivity index (χ2v) is 10.5. The van der Waals surface area contributed by atoms with Crippen LogP contribution < -0.4 is 0 Å². The monoisotopic (exact) mass is 378 g/mol. The summed E-state index contributed by atoms with van der Waals surface area (Å²) in [6.07, 6.45) is 15.2. The number of rotatable bonds is 2. The molecule has 3 fully saturated rings. The Hall–Kier alpha value is -1.57. The smallest absolute Gasteiger partial charge is 0.338 e. The van der Waals surface area contributed by atoms with Gasteiger partial charge in [-0.3, -0.25) is 0 Å². The summed E-state index contributed by atoms with van der Waals surface area (Å²) in [5.41, 5.74) is 1.59. The lowest BCUT2D eigenvalue weighted by molar-refractivity contribution is -0.118. The van der Waals surface area contributed by atoms with E-state index in [-0.39, 0.29) is 12.1 Å². The highest BCUT2D eigenvalue weighted by atomic mass is 16.5. The van der Waals surface area contributed by atoms with Crippen molar-refractivity contribution in [1.82, 2.24) is 0 Å². The van der Waals surface area contributed by atoms with Crippen molar-refractivity contribution in [2.45, 2.75) is 71.3 Å². The molecule has 150 valence electrons. The number of esters is 1. The van der Waals surface area contributed by atoms with Gasteiger partial charge in [-0.2, -0.15) is 0 Å². The molecule has 1 aromatic carbocycles. The summed E-state index contributed by atoms with van der Waals surface area (Å²) in [5.74, 6) is 3.22. The minimum atomic E-state index is -0.145. The lowest BCUT2D eigenvalue weighted by Crippen LogP contribution is -2.53. The van der Waals surface area contributed by atoms with E-state index in [2.05, 4.69) is 26.0 Å². The molecule has 0 aliphatic heterocycles. The molecule has 2 heteroatoms. The van der Waals surface area contributed by atoms with Gasteiger partial charge in [-0.05, 0) is 98.0 Å². The highest BCUT2D eigenvalue weighted by Gasteiger charge is 2.57. The molecule has 0 heterocycles. The molecule has 1 aromatic rings. The van der Waals surface area contributed by atoms with E-state index in [0.717, 1.165) is 36.5 Å². The van der Waals surface area contributed by atoms with E-state index in [1.54, 1.807) is 0 Å². The number of fused-ring (bicyclic) bond motifs is 5. The molecule has 0 amide bonds. The van der Waals surface area contributed by atoms with Crippen molar-refractivity contribution in [1.29, 1.82) is 0 Å². The summed E-state index contributed by atoms with van der Waals surface area (Å²) in [6.45, 7) is 5.08. The average Bonchev–Trinajstić information content (AvgIpc) is 3.11. The van der Waals surface area contributed by atoms with Crippen molar-refractivity contribution in [3.05, 3.63) is 48.0 Å². The SMILES string of the molecule is C[C@]12CC[C@@H](OC(=O)c3ccccc3)C[C@@H]1CC[C@@H]1[C@H]3CC=C[C@@]3(C)CC[C@@H]12. The zero-order valence-corrected chi connectivity index (χ0v) is 17.4. The predicted molar refractivity (Wildman–Crippen MR) is 112 cm³/mol. The number of hydrogen-bond acceptors (Lipinski definition) is 2. The second-order valence-electron chi connectivity index (χ2n) is 10.5. The fourth-order valence-corrected chi connectivity index (χ4v) is 7.60. The molecule has 28 heavy (non-hydrogen) atoms. The Kier molecular flexibility index (Phi) is 4.45. The van der Waals surface area contributed by atoms with Crippen LogP contribution in [0.25, 0.3) is 0 Å². The van der Waals surface area contributed by atoms with Crippen molar-refractivity contribution in [2.75, 3.05) is 0 Å². The Bertz CT molecular complexity index is 768. The van der Waals surface area contributed by atoms with Crippen molar-refractivity contribution < 1.29 is 9.53 Å². The number of benzene rings is 1. The zero-order valence-electron chi connectivity index (χ0n) is 17.4. The summed E-state index contributed by atoms with van der Waals surface area (Å²) in [7, 11) is 0. The first kappa shape index (κ1) is 18.5. The summed E-state index contributed by atoms with van der Waals surface area (Å²) in [6, 6.07) is 9.47. The summed E-state index contributed by atoms with van der Waals surface area (Å²) in [5, 5.41) is 0. The first-order chi connectivity index (χ1) is 13.5. The van der Waals surface area contributed by atoms with Crippen LogP contribution in [0, 0.1) is 34.5 Å². The third-order valence-electron chi connectivity index (χ3n) is 9.23. The standard InChI is InChI=1S/C26H34O2/c1-25-14-6-9-22(25)21-11-10-19-17-20(12-16-26(19,2)23(21)13-15-25)28-24(27)18-7-4-3-5-8-18/h3-8,14,19-23H,9-13,15-17H2,1-2H3/t19-,20+,21+,22+,23-,25-,26-/m0/s1. The Morgan fingerprint density at radius 3 is 2.64 bits per heavy atom. The van der Waals surface area contributed by atoms with Crippen molar-refractivity contribution in [2.24, 2.45) is 34.5 Å². The van der Waals surface area contributed by atoms with Crippen LogP contribution in [-0.4, -0.2) is 12.1 Å². The molecule has 0 aromatic heterocycles. The number of carbonyl (C=O) groups is 1. The summed E-state index contributed by atoms with van der Waals surface area (Å²) in [4.78, 5) is 12.5. The van der Waals surface area contributed by atoms with E-state index in [0.29, 0.717) is 16.4 Å². The van der Waals surface area contributed by atoms with Crippen LogP contribution >= 0.6 is 0 Å². The zero-order chi connectivity index (χ0) is 19.4. The maximum Gasteiger partial charge on any atom is 0.338 e. The molecule has 0 saturated heterocycles. The third kappa shape index (κ3) is 2.86. The summed E-state index contributed by atoms with van der Waals surface area (Å²) >= 11 is 0. The average molecular weight is 379 g/mol. The van der Waals surface area contributed by atoms with Gasteiger partial charge in [0.1, 0.15) is 6.10 Å².